The summed E-state index contributed by atoms with van der Waals surface area (Å²) in [6.07, 6.45) is 4.05. The van der Waals surface area contributed by atoms with E-state index in [0.29, 0.717) is 19.4 Å². The van der Waals surface area contributed by atoms with Gasteiger partial charge in [0.2, 0.25) is 5.91 Å². The van der Waals surface area contributed by atoms with E-state index < -0.39 is 11.0 Å². The van der Waals surface area contributed by atoms with Crippen LogP contribution in [0.5, 0.6) is 0 Å². The van der Waals surface area contributed by atoms with E-state index in [9.17, 15) is 9.90 Å². The Morgan fingerprint density at radius 1 is 1.35 bits per heavy atom. The molecule has 20 heavy (non-hydrogen) atoms. The van der Waals surface area contributed by atoms with Gasteiger partial charge in [0, 0.05) is 13.1 Å². The zero-order valence-electron chi connectivity index (χ0n) is 12.7. The number of rotatable bonds is 5. The SMILES string of the molecule is CCN(CC(C)(C)O)C(=O)C1(C(N)=NO)CCCCC1. The average molecular weight is 285 g/mol. The van der Waals surface area contributed by atoms with Crippen LogP contribution in [0, 0.1) is 5.41 Å². The number of carbonyl (C=O) groups is 1. The lowest BCUT2D eigenvalue weighted by atomic mass is 9.72. The summed E-state index contributed by atoms with van der Waals surface area (Å²) in [6.45, 7) is 5.93. The van der Waals surface area contributed by atoms with Gasteiger partial charge in [-0.3, -0.25) is 4.79 Å². The molecule has 0 spiro atoms. The van der Waals surface area contributed by atoms with Gasteiger partial charge in [-0.25, -0.2) is 0 Å². The molecular weight excluding hydrogens is 258 g/mol. The van der Waals surface area contributed by atoms with E-state index in [4.69, 9.17) is 10.9 Å². The van der Waals surface area contributed by atoms with Gasteiger partial charge in [-0.15, -0.1) is 0 Å². The number of oxime groups is 1. The lowest BCUT2D eigenvalue weighted by molar-refractivity contribution is -0.142. The Hall–Kier alpha value is -1.30. The molecule has 1 rings (SSSR count). The Morgan fingerprint density at radius 2 is 1.90 bits per heavy atom. The van der Waals surface area contributed by atoms with Crippen LogP contribution in [0.25, 0.3) is 0 Å². The fourth-order valence-electron chi connectivity index (χ4n) is 2.93. The molecule has 1 fully saturated rings. The third kappa shape index (κ3) is 3.62. The van der Waals surface area contributed by atoms with Crippen LogP contribution in [0.4, 0.5) is 0 Å². The first-order chi connectivity index (χ1) is 9.27. The zero-order valence-corrected chi connectivity index (χ0v) is 12.7. The second-order valence-corrected chi connectivity index (χ2v) is 6.26. The Morgan fingerprint density at radius 3 is 2.30 bits per heavy atom. The van der Waals surface area contributed by atoms with Crippen LogP contribution in [-0.4, -0.2) is 45.6 Å². The Balaban J connectivity index is 3.03. The van der Waals surface area contributed by atoms with E-state index >= 15 is 0 Å². The Bertz CT molecular complexity index is 368. The van der Waals surface area contributed by atoms with Gasteiger partial charge in [0.1, 0.15) is 5.41 Å². The molecule has 0 unspecified atom stereocenters. The van der Waals surface area contributed by atoms with Gasteiger partial charge in [-0.2, -0.15) is 0 Å². The standard InChI is InChI=1S/C14H27N3O3/c1-4-17(10-13(2,3)19)12(18)14(11(15)16-20)8-6-5-7-9-14/h19-20H,4-10H2,1-3H3,(H2,15,16). The van der Waals surface area contributed by atoms with Crippen molar-refractivity contribution < 1.29 is 15.1 Å². The van der Waals surface area contributed by atoms with Crippen LogP contribution < -0.4 is 5.73 Å². The van der Waals surface area contributed by atoms with E-state index in [2.05, 4.69) is 5.16 Å². The number of hydrogen-bond donors (Lipinski definition) is 3. The van der Waals surface area contributed by atoms with Crippen LogP contribution in [0.15, 0.2) is 5.16 Å². The monoisotopic (exact) mass is 285 g/mol. The lowest BCUT2D eigenvalue weighted by Crippen LogP contribution is -2.54. The summed E-state index contributed by atoms with van der Waals surface area (Å²) in [6, 6.07) is 0. The van der Waals surface area contributed by atoms with E-state index in [1.807, 2.05) is 6.92 Å². The minimum Gasteiger partial charge on any atom is -0.409 e. The largest absolute Gasteiger partial charge is 0.409 e. The van der Waals surface area contributed by atoms with Crippen molar-refractivity contribution >= 4 is 11.7 Å². The lowest BCUT2D eigenvalue weighted by Gasteiger charge is -2.40. The van der Waals surface area contributed by atoms with Crippen LogP contribution in [0.2, 0.25) is 0 Å². The van der Waals surface area contributed by atoms with E-state index in [0.717, 1.165) is 19.3 Å². The number of nitrogens with two attached hydrogens (primary N) is 1. The van der Waals surface area contributed by atoms with Gasteiger partial charge in [0.25, 0.3) is 0 Å². The number of nitrogens with zero attached hydrogens (tertiary/aromatic N) is 2. The molecule has 0 aromatic carbocycles. The molecule has 1 aliphatic carbocycles. The van der Waals surface area contributed by atoms with E-state index in [1.54, 1.807) is 18.7 Å². The molecule has 0 heterocycles. The zero-order chi connectivity index (χ0) is 15.4. The minimum atomic E-state index is -0.966. The Kier molecular flexibility index (Phi) is 5.39. The number of carbonyl (C=O) groups excluding carboxylic acids is 1. The molecule has 1 saturated carbocycles. The highest BCUT2D eigenvalue weighted by Crippen LogP contribution is 2.38. The van der Waals surface area contributed by atoms with Gasteiger partial charge in [0.15, 0.2) is 5.84 Å². The summed E-state index contributed by atoms with van der Waals surface area (Å²) in [5.41, 5.74) is 3.96. The van der Waals surface area contributed by atoms with Crippen molar-refractivity contribution in [2.24, 2.45) is 16.3 Å². The predicted octanol–water partition coefficient (Wildman–Crippen LogP) is 1.30. The van der Waals surface area contributed by atoms with E-state index in [-0.39, 0.29) is 18.3 Å². The van der Waals surface area contributed by atoms with Crippen molar-refractivity contribution in [3.05, 3.63) is 0 Å². The number of amidine groups is 1. The highest BCUT2D eigenvalue weighted by molar-refractivity contribution is 6.06. The molecule has 0 bridgehead atoms. The molecule has 0 radical (unpaired) electrons. The maximum atomic E-state index is 12.9. The van der Waals surface area contributed by atoms with Gasteiger partial charge in [-0.05, 0) is 33.6 Å². The maximum Gasteiger partial charge on any atom is 0.236 e. The molecule has 0 atom stereocenters. The van der Waals surface area contributed by atoms with Gasteiger partial charge < -0.3 is 20.9 Å². The van der Waals surface area contributed by atoms with Crippen molar-refractivity contribution in [3.8, 4) is 0 Å². The van der Waals surface area contributed by atoms with Gasteiger partial charge in [-0.1, -0.05) is 24.4 Å². The quantitative estimate of drug-likeness (QED) is 0.307. The molecule has 0 saturated heterocycles. The number of amides is 1. The van der Waals surface area contributed by atoms with Crippen LogP contribution in [0.1, 0.15) is 52.9 Å². The molecule has 0 aromatic rings. The van der Waals surface area contributed by atoms with Gasteiger partial charge >= 0.3 is 0 Å². The molecule has 1 aliphatic rings. The molecular formula is C14H27N3O3. The van der Waals surface area contributed by atoms with Crippen molar-refractivity contribution in [2.45, 2.75) is 58.5 Å². The first-order valence-electron chi connectivity index (χ1n) is 7.26. The number of hydrogen-bond acceptors (Lipinski definition) is 4. The molecule has 6 nitrogen and oxygen atoms in total. The second kappa shape index (κ2) is 6.43. The van der Waals surface area contributed by atoms with Crippen LogP contribution >= 0.6 is 0 Å². The summed E-state index contributed by atoms with van der Waals surface area (Å²) in [5.74, 6) is -0.145. The minimum absolute atomic E-state index is 0.00334. The fraction of sp³-hybridized carbons (Fsp3) is 0.857. The molecule has 4 N–H and O–H groups in total. The maximum absolute atomic E-state index is 12.9. The Labute approximate surface area is 120 Å². The summed E-state index contributed by atoms with van der Waals surface area (Å²) >= 11 is 0. The third-order valence-corrected chi connectivity index (χ3v) is 3.96. The normalized spacial score (nSPS) is 19.7. The predicted molar refractivity (Wildman–Crippen MR) is 77.5 cm³/mol. The third-order valence-electron chi connectivity index (χ3n) is 3.96. The van der Waals surface area contributed by atoms with Crippen molar-refractivity contribution in [3.63, 3.8) is 0 Å². The molecule has 0 aromatic heterocycles. The van der Waals surface area contributed by atoms with Crippen LogP contribution in [0.3, 0.4) is 0 Å². The second-order valence-electron chi connectivity index (χ2n) is 6.26. The smallest absolute Gasteiger partial charge is 0.236 e. The highest BCUT2D eigenvalue weighted by Gasteiger charge is 2.46. The molecule has 1 amide bonds. The molecule has 6 heteroatoms. The topological polar surface area (TPSA) is 99.2 Å². The van der Waals surface area contributed by atoms with Crippen molar-refractivity contribution in [2.75, 3.05) is 13.1 Å². The van der Waals surface area contributed by atoms with Crippen molar-refractivity contribution in [1.29, 1.82) is 0 Å². The average Bonchev–Trinajstić information content (AvgIpc) is 2.42. The summed E-state index contributed by atoms with van der Waals surface area (Å²) in [4.78, 5) is 14.5. The number of aliphatic hydroxyl groups is 1. The van der Waals surface area contributed by atoms with Crippen molar-refractivity contribution in [1.82, 2.24) is 4.90 Å². The first-order valence-corrected chi connectivity index (χ1v) is 7.26. The first kappa shape index (κ1) is 16.8. The summed E-state index contributed by atoms with van der Waals surface area (Å²) in [7, 11) is 0. The van der Waals surface area contributed by atoms with Gasteiger partial charge in [0.05, 0.1) is 5.60 Å². The summed E-state index contributed by atoms with van der Waals surface area (Å²) in [5, 5.41) is 22.1. The van der Waals surface area contributed by atoms with E-state index in [1.165, 1.54) is 0 Å². The molecule has 0 aliphatic heterocycles. The molecule has 116 valence electrons. The fourth-order valence-corrected chi connectivity index (χ4v) is 2.93. The summed E-state index contributed by atoms with van der Waals surface area (Å²) < 4.78 is 0. The van der Waals surface area contributed by atoms with Crippen LogP contribution in [-0.2, 0) is 4.79 Å². The highest BCUT2D eigenvalue weighted by atomic mass is 16.4. The number of likely N-dealkylation sites (N-methyl/N-ethyl adjacent to an activating group) is 1.